The Morgan fingerprint density at radius 1 is 1.14 bits per heavy atom. The molecule has 9 heteroatoms. The highest BCUT2D eigenvalue weighted by molar-refractivity contribution is 6.35. The third kappa shape index (κ3) is 4.74. The molecule has 0 radical (unpaired) electrons. The van der Waals surface area contributed by atoms with Crippen LogP contribution < -0.4 is 5.32 Å². The van der Waals surface area contributed by atoms with E-state index in [0.717, 1.165) is 0 Å². The number of pyridine rings is 1. The Morgan fingerprint density at radius 3 is 2.54 bits per heavy atom. The number of rotatable bonds is 6. The van der Waals surface area contributed by atoms with E-state index in [4.69, 9.17) is 23.2 Å². The van der Waals surface area contributed by atoms with Gasteiger partial charge < -0.3 is 5.32 Å². The number of hydrogen-bond acceptors (Lipinski definition) is 4. The van der Waals surface area contributed by atoms with Crippen LogP contribution in [0.3, 0.4) is 0 Å². The average molecular weight is 421 g/mol. The second-order valence-electron chi connectivity index (χ2n) is 6.02. The Morgan fingerprint density at radius 2 is 1.86 bits per heavy atom. The highest BCUT2D eigenvalue weighted by Gasteiger charge is 2.16. The van der Waals surface area contributed by atoms with Gasteiger partial charge in [0.25, 0.3) is 0 Å². The predicted octanol–water partition coefficient (Wildman–Crippen LogP) is 4.62. The largest absolute Gasteiger partial charge is 0.311 e. The SMILES string of the molecule is Cc1cc(NC(=O)CCC(=O)c2ccc(F)cc2)n(-c2ncc(Cl)cc2Cl)n1. The summed E-state index contributed by atoms with van der Waals surface area (Å²) in [6, 6.07) is 8.38. The summed E-state index contributed by atoms with van der Waals surface area (Å²) < 4.78 is 14.3. The van der Waals surface area contributed by atoms with Crippen molar-refractivity contribution in [3.63, 3.8) is 0 Å². The first-order valence-corrected chi connectivity index (χ1v) is 9.06. The molecule has 1 N–H and O–H groups in total. The van der Waals surface area contributed by atoms with E-state index in [1.807, 2.05) is 0 Å². The van der Waals surface area contributed by atoms with E-state index in [-0.39, 0.29) is 29.6 Å². The minimum absolute atomic E-state index is 0.00939. The predicted molar refractivity (Wildman–Crippen MR) is 105 cm³/mol. The zero-order valence-corrected chi connectivity index (χ0v) is 16.3. The molecule has 0 bridgehead atoms. The number of aromatic nitrogens is 3. The molecule has 0 spiro atoms. The van der Waals surface area contributed by atoms with Crippen molar-refractivity contribution in [2.24, 2.45) is 0 Å². The highest BCUT2D eigenvalue weighted by atomic mass is 35.5. The van der Waals surface area contributed by atoms with Crippen LogP contribution in [0.4, 0.5) is 10.2 Å². The average Bonchev–Trinajstić information content (AvgIpc) is 3.00. The molecule has 1 amide bonds. The number of ketones is 1. The van der Waals surface area contributed by atoms with E-state index in [2.05, 4.69) is 15.4 Å². The van der Waals surface area contributed by atoms with Gasteiger partial charge in [-0.15, -0.1) is 0 Å². The molecular weight excluding hydrogens is 406 g/mol. The normalized spacial score (nSPS) is 10.7. The molecule has 1 aromatic carbocycles. The van der Waals surface area contributed by atoms with Crippen LogP contribution in [-0.2, 0) is 4.79 Å². The number of benzene rings is 1. The Kier molecular flexibility index (Phi) is 6.06. The molecule has 0 saturated heterocycles. The number of hydrogen-bond donors (Lipinski definition) is 1. The van der Waals surface area contributed by atoms with Gasteiger partial charge in [0.1, 0.15) is 11.6 Å². The number of anilines is 1. The Balaban J connectivity index is 1.69. The van der Waals surface area contributed by atoms with Gasteiger partial charge in [0.05, 0.1) is 15.7 Å². The maximum absolute atomic E-state index is 12.9. The van der Waals surface area contributed by atoms with Crippen LogP contribution >= 0.6 is 23.2 Å². The fourth-order valence-corrected chi connectivity index (χ4v) is 2.99. The first-order valence-electron chi connectivity index (χ1n) is 8.30. The van der Waals surface area contributed by atoms with Gasteiger partial charge in [-0.1, -0.05) is 23.2 Å². The molecule has 0 atom stereocenters. The summed E-state index contributed by atoms with van der Waals surface area (Å²) in [5.74, 6) is -0.360. The maximum atomic E-state index is 12.9. The van der Waals surface area contributed by atoms with Crippen LogP contribution in [0.1, 0.15) is 28.9 Å². The topological polar surface area (TPSA) is 76.9 Å². The summed E-state index contributed by atoms with van der Waals surface area (Å²) >= 11 is 12.0. The molecule has 2 aromatic heterocycles. The fraction of sp³-hybridized carbons (Fsp3) is 0.158. The van der Waals surface area contributed by atoms with Gasteiger partial charge in [-0.2, -0.15) is 9.78 Å². The zero-order valence-electron chi connectivity index (χ0n) is 14.7. The van der Waals surface area contributed by atoms with E-state index in [9.17, 15) is 14.0 Å². The van der Waals surface area contributed by atoms with Crippen LogP contribution in [-0.4, -0.2) is 26.5 Å². The Bertz CT molecular complexity index is 1030. The molecule has 28 heavy (non-hydrogen) atoms. The van der Waals surface area contributed by atoms with Crippen molar-refractivity contribution in [2.45, 2.75) is 19.8 Å². The van der Waals surface area contributed by atoms with Crippen LogP contribution in [0, 0.1) is 12.7 Å². The smallest absolute Gasteiger partial charge is 0.225 e. The number of aryl methyl sites for hydroxylation is 1. The van der Waals surface area contributed by atoms with Crippen molar-refractivity contribution in [1.82, 2.24) is 14.8 Å². The van der Waals surface area contributed by atoms with Gasteiger partial charge in [0.2, 0.25) is 5.91 Å². The Labute approximate surface area is 170 Å². The quantitative estimate of drug-likeness (QED) is 0.590. The van der Waals surface area contributed by atoms with Crippen LogP contribution in [0.15, 0.2) is 42.6 Å². The van der Waals surface area contributed by atoms with Gasteiger partial charge in [0.15, 0.2) is 11.6 Å². The molecule has 0 aliphatic heterocycles. The third-order valence-corrected chi connectivity index (χ3v) is 4.32. The van der Waals surface area contributed by atoms with Crippen molar-refractivity contribution in [3.05, 3.63) is 69.7 Å². The number of carbonyl (C=O) groups excluding carboxylic acids is 2. The standard InChI is InChI=1S/C19H15Cl2FN4O2/c1-11-8-17(26(25-11)19-15(21)9-13(20)10-23-19)24-18(28)7-6-16(27)12-2-4-14(22)5-3-12/h2-5,8-10H,6-7H2,1H3,(H,24,28). The van der Waals surface area contributed by atoms with Crippen LogP contribution in [0.5, 0.6) is 0 Å². The summed E-state index contributed by atoms with van der Waals surface area (Å²) in [7, 11) is 0. The molecule has 2 heterocycles. The number of Topliss-reactive ketones (excluding diaryl/α,β-unsaturated/α-hetero) is 1. The molecule has 6 nitrogen and oxygen atoms in total. The van der Waals surface area contributed by atoms with E-state index < -0.39 is 5.82 Å². The number of carbonyl (C=O) groups is 2. The number of amides is 1. The zero-order chi connectivity index (χ0) is 20.3. The van der Waals surface area contributed by atoms with E-state index >= 15 is 0 Å². The van der Waals surface area contributed by atoms with Crippen molar-refractivity contribution in [2.75, 3.05) is 5.32 Å². The van der Waals surface area contributed by atoms with Gasteiger partial charge in [0, 0.05) is 30.7 Å². The van der Waals surface area contributed by atoms with Crippen molar-refractivity contribution in [3.8, 4) is 5.82 Å². The highest BCUT2D eigenvalue weighted by Crippen LogP contribution is 2.25. The first kappa shape index (κ1) is 20.0. The monoisotopic (exact) mass is 420 g/mol. The number of halogens is 3. The molecule has 3 rings (SSSR count). The first-order chi connectivity index (χ1) is 13.3. The molecule has 0 unspecified atom stereocenters. The van der Waals surface area contributed by atoms with E-state index in [1.165, 1.54) is 41.2 Å². The second kappa shape index (κ2) is 8.50. The van der Waals surface area contributed by atoms with Crippen molar-refractivity contribution >= 4 is 40.7 Å². The van der Waals surface area contributed by atoms with Gasteiger partial charge in [-0.3, -0.25) is 9.59 Å². The number of nitrogens with one attached hydrogen (secondary N) is 1. The summed E-state index contributed by atoms with van der Waals surface area (Å²) in [5, 5.41) is 7.64. The molecule has 3 aromatic rings. The van der Waals surface area contributed by atoms with Gasteiger partial charge in [-0.05, 0) is 37.3 Å². The minimum Gasteiger partial charge on any atom is -0.311 e. The summed E-state index contributed by atoms with van der Waals surface area (Å²) in [5.41, 5.74) is 0.998. The van der Waals surface area contributed by atoms with Gasteiger partial charge in [-0.25, -0.2) is 9.37 Å². The van der Waals surface area contributed by atoms with Crippen molar-refractivity contribution in [1.29, 1.82) is 0 Å². The molecule has 144 valence electrons. The fourth-order valence-electron chi connectivity index (χ4n) is 2.53. The lowest BCUT2D eigenvalue weighted by atomic mass is 10.1. The minimum atomic E-state index is -0.424. The lowest BCUT2D eigenvalue weighted by molar-refractivity contribution is -0.116. The Hall–Kier alpha value is -2.77. The number of nitrogens with zero attached hydrogens (tertiary/aromatic N) is 3. The maximum Gasteiger partial charge on any atom is 0.225 e. The van der Waals surface area contributed by atoms with E-state index in [1.54, 1.807) is 13.0 Å². The molecule has 0 aliphatic carbocycles. The van der Waals surface area contributed by atoms with E-state index in [0.29, 0.717) is 27.9 Å². The molecular formula is C19H15Cl2FN4O2. The van der Waals surface area contributed by atoms with Gasteiger partial charge >= 0.3 is 0 Å². The van der Waals surface area contributed by atoms with Crippen LogP contribution in [0.25, 0.3) is 5.82 Å². The van der Waals surface area contributed by atoms with Crippen molar-refractivity contribution < 1.29 is 14.0 Å². The summed E-state index contributed by atoms with van der Waals surface area (Å²) in [6.45, 7) is 1.76. The van der Waals surface area contributed by atoms with Crippen LogP contribution in [0.2, 0.25) is 10.0 Å². The lowest BCUT2D eigenvalue weighted by Gasteiger charge is -2.09. The third-order valence-electron chi connectivity index (χ3n) is 3.83. The molecule has 0 saturated carbocycles. The summed E-state index contributed by atoms with van der Waals surface area (Å²) in [4.78, 5) is 28.6. The lowest BCUT2D eigenvalue weighted by Crippen LogP contribution is -2.16. The second-order valence-corrected chi connectivity index (χ2v) is 6.86. The summed E-state index contributed by atoms with van der Waals surface area (Å²) in [6.07, 6.45) is 1.37. The molecule has 0 fully saturated rings. The molecule has 0 aliphatic rings.